The molecule has 5 heteroatoms. The number of carbonyl (C=O) groups is 3. The molecule has 0 aromatic heterocycles. The van der Waals surface area contributed by atoms with Gasteiger partial charge in [0.25, 0.3) is 0 Å². The van der Waals surface area contributed by atoms with Crippen LogP contribution in [0.1, 0.15) is 61.0 Å². The molecule has 0 aliphatic rings. The first-order valence-corrected chi connectivity index (χ1v) is 11.3. The topological polar surface area (TPSA) is 60.4 Å². The molecular formula is C24H29O4P. The van der Waals surface area contributed by atoms with Gasteiger partial charge in [0.15, 0.2) is 11.0 Å². The van der Waals surface area contributed by atoms with E-state index in [2.05, 4.69) is 0 Å². The zero-order chi connectivity index (χ0) is 21.9. The van der Waals surface area contributed by atoms with Gasteiger partial charge in [-0.15, -0.1) is 0 Å². The molecule has 0 spiro atoms. The monoisotopic (exact) mass is 412 g/mol. The van der Waals surface area contributed by atoms with Crippen molar-refractivity contribution in [3.63, 3.8) is 0 Å². The maximum atomic E-state index is 13.5. The molecule has 0 saturated heterocycles. The summed E-state index contributed by atoms with van der Waals surface area (Å²) < 4.78 is 5.08. The summed E-state index contributed by atoms with van der Waals surface area (Å²) in [5.41, 5.74) is 6.00. The number of carbonyl (C=O) groups excluding carboxylic acids is 3. The highest BCUT2D eigenvalue weighted by atomic mass is 31.1. The molecule has 4 nitrogen and oxygen atoms in total. The second kappa shape index (κ2) is 9.45. The van der Waals surface area contributed by atoms with Gasteiger partial charge in [0.1, 0.15) is 0 Å². The van der Waals surface area contributed by atoms with Crippen molar-refractivity contribution in [1.29, 1.82) is 0 Å². The highest BCUT2D eigenvalue weighted by Gasteiger charge is 2.34. The molecule has 0 amide bonds. The van der Waals surface area contributed by atoms with Crippen LogP contribution in [0, 0.1) is 41.5 Å². The summed E-state index contributed by atoms with van der Waals surface area (Å²) in [6.45, 7) is 13.4. The van der Waals surface area contributed by atoms with E-state index in [4.69, 9.17) is 4.74 Å². The molecule has 0 unspecified atom stereocenters. The summed E-state index contributed by atoms with van der Waals surface area (Å²) in [4.78, 5) is 39.3. The van der Waals surface area contributed by atoms with E-state index in [0.29, 0.717) is 11.1 Å². The van der Waals surface area contributed by atoms with Crippen LogP contribution in [0.4, 0.5) is 0 Å². The Hall–Kier alpha value is -2.32. The van der Waals surface area contributed by atoms with Crippen LogP contribution in [-0.2, 0) is 9.53 Å². The van der Waals surface area contributed by atoms with Crippen molar-refractivity contribution in [2.45, 2.75) is 48.5 Å². The van der Waals surface area contributed by atoms with Gasteiger partial charge in [-0.1, -0.05) is 35.4 Å². The van der Waals surface area contributed by atoms with Crippen molar-refractivity contribution in [1.82, 2.24) is 0 Å². The Kier molecular flexibility index (Phi) is 7.48. The van der Waals surface area contributed by atoms with Crippen LogP contribution in [0.2, 0.25) is 0 Å². The summed E-state index contributed by atoms with van der Waals surface area (Å²) in [6, 6.07) is 7.74. The summed E-state index contributed by atoms with van der Waals surface area (Å²) in [5, 5.41) is 0. The van der Waals surface area contributed by atoms with Crippen LogP contribution in [0.25, 0.3) is 0 Å². The molecule has 2 rings (SSSR count). The van der Waals surface area contributed by atoms with Crippen LogP contribution < -0.4 is 0 Å². The van der Waals surface area contributed by atoms with Gasteiger partial charge < -0.3 is 4.74 Å². The third kappa shape index (κ3) is 5.19. The largest absolute Gasteiger partial charge is 0.466 e. The molecule has 29 heavy (non-hydrogen) atoms. The van der Waals surface area contributed by atoms with Gasteiger partial charge in [0.2, 0.25) is 0 Å². The van der Waals surface area contributed by atoms with Crippen LogP contribution in [-0.4, -0.2) is 29.8 Å². The van der Waals surface area contributed by atoms with Gasteiger partial charge in [0.05, 0.1) is 20.7 Å². The van der Waals surface area contributed by atoms with Crippen LogP contribution in [0.3, 0.4) is 0 Å². The fraction of sp³-hybridized carbons (Fsp3) is 0.375. The normalized spacial score (nSPS) is 10.9. The number of rotatable bonds is 7. The number of hydrogen-bond donors (Lipinski definition) is 0. The Balaban J connectivity index is 2.57. The number of benzene rings is 2. The zero-order valence-corrected chi connectivity index (χ0v) is 19.2. The molecule has 0 saturated carbocycles. The molecule has 0 fully saturated rings. The minimum atomic E-state index is -1.92. The van der Waals surface area contributed by atoms with Crippen molar-refractivity contribution in [3.8, 4) is 0 Å². The second-order valence-corrected chi connectivity index (χ2v) is 9.53. The van der Waals surface area contributed by atoms with Crippen molar-refractivity contribution >= 4 is 24.9 Å². The number of esters is 1. The first-order chi connectivity index (χ1) is 13.6. The molecule has 0 aliphatic heterocycles. The second-order valence-electron chi connectivity index (χ2n) is 7.55. The number of ether oxygens (including phenoxy) is 1. The third-order valence-electron chi connectivity index (χ3n) is 4.86. The van der Waals surface area contributed by atoms with Crippen molar-refractivity contribution in [2.24, 2.45) is 0 Å². The molecule has 0 aliphatic carbocycles. The van der Waals surface area contributed by atoms with Gasteiger partial charge in [-0.3, -0.25) is 14.4 Å². The predicted octanol–water partition coefficient (Wildman–Crippen LogP) is 5.56. The summed E-state index contributed by atoms with van der Waals surface area (Å²) >= 11 is 0. The molecule has 2 aromatic rings. The zero-order valence-electron chi connectivity index (χ0n) is 18.3. The lowest BCUT2D eigenvalue weighted by atomic mass is 10.0. The van der Waals surface area contributed by atoms with Crippen molar-refractivity contribution < 1.29 is 19.1 Å². The van der Waals surface area contributed by atoms with Crippen LogP contribution in [0.5, 0.6) is 0 Å². The van der Waals surface area contributed by atoms with Crippen molar-refractivity contribution in [3.05, 3.63) is 68.8 Å². The van der Waals surface area contributed by atoms with Crippen molar-refractivity contribution in [2.75, 3.05) is 12.8 Å². The van der Waals surface area contributed by atoms with E-state index in [-0.39, 0.29) is 23.8 Å². The van der Waals surface area contributed by atoms with E-state index in [1.807, 2.05) is 65.8 Å². The van der Waals surface area contributed by atoms with Gasteiger partial charge in [-0.2, -0.15) is 0 Å². The minimum absolute atomic E-state index is 0.194. The molecule has 0 heterocycles. The van der Waals surface area contributed by atoms with E-state index < -0.39 is 13.9 Å². The predicted molar refractivity (Wildman–Crippen MR) is 118 cm³/mol. The van der Waals surface area contributed by atoms with Crippen LogP contribution in [0.15, 0.2) is 24.3 Å². The number of aryl methyl sites for hydroxylation is 6. The third-order valence-corrected chi connectivity index (χ3v) is 6.87. The quantitative estimate of drug-likeness (QED) is 0.441. The van der Waals surface area contributed by atoms with Gasteiger partial charge >= 0.3 is 5.97 Å². The van der Waals surface area contributed by atoms with E-state index in [1.165, 1.54) is 0 Å². The van der Waals surface area contributed by atoms with E-state index in [9.17, 15) is 14.4 Å². The smallest absolute Gasteiger partial charge is 0.311 e. The van der Waals surface area contributed by atoms with E-state index >= 15 is 0 Å². The first-order valence-electron chi connectivity index (χ1n) is 9.74. The Labute approximate surface area is 174 Å². The molecular weight excluding hydrogens is 383 g/mol. The fourth-order valence-electron chi connectivity index (χ4n) is 3.88. The summed E-state index contributed by atoms with van der Waals surface area (Å²) in [6.07, 6.45) is -0.194. The Morgan fingerprint density at radius 2 is 1.07 bits per heavy atom. The molecule has 154 valence electrons. The summed E-state index contributed by atoms with van der Waals surface area (Å²) in [5.74, 6) is -0.509. The minimum Gasteiger partial charge on any atom is -0.466 e. The molecule has 0 radical (unpaired) electrons. The lowest BCUT2D eigenvalue weighted by molar-refractivity contribution is -0.139. The Bertz CT molecular complexity index is 859. The fourth-order valence-corrected chi connectivity index (χ4v) is 5.94. The van der Waals surface area contributed by atoms with Gasteiger partial charge in [0, 0.05) is 11.1 Å². The number of hydrogen-bond acceptors (Lipinski definition) is 4. The Morgan fingerprint density at radius 3 is 1.38 bits per heavy atom. The highest BCUT2D eigenvalue weighted by molar-refractivity contribution is 7.90. The Morgan fingerprint density at radius 1 is 0.724 bits per heavy atom. The average molecular weight is 412 g/mol. The SMILES string of the molecule is CCOC(=O)CP(C(=O)c1c(C)cc(C)cc1C)C(=O)c1c(C)cc(C)cc1C. The molecule has 2 aromatic carbocycles. The first kappa shape index (κ1) is 23.0. The maximum Gasteiger partial charge on any atom is 0.311 e. The van der Waals surface area contributed by atoms with E-state index in [0.717, 1.165) is 33.4 Å². The van der Waals surface area contributed by atoms with Crippen LogP contribution >= 0.6 is 7.92 Å². The molecule has 0 bridgehead atoms. The average Bonchev–Trinajstić information content (AvgIpc) is 2.57. The molecule has 0 atom stereocenters. The lowest BCUT2D eigenvalue weighted by Gasteiger charge is -2.20. The van der Waals surface area contributed by atoms with Gasteiger partial charge in [-0.25, -0.2) is 0 Å². The van der Waals surface area contributed by atoms with Gasteiger partial charge in [-0.05, 0) is 70.7 Å². The molecule has 0 N–H and O–H groups in total. The highest BCUT2D eigenvalue weighted by Crippen LogP contribution is 2.45. The maximum absolute atomic E-state index is 13.5. The standard InChI is InChI=1S/C24H29O4P/c1-8-28-20(25)13-29(23(26)21-16(4)9-14(2)10-17(21)5)24(27)22-18(6)11-15(3)12-19(22)7/h9-12H,8,13H2,1-7H3. The summed E-state index contributed by atoms with van der Waals surface area (Å²) in [7, 11) is -1.92. The lowest BCUT2D eigenvalue weighted by Crippen LogP contribution is -2.19. The van der Waals surface area contributed by atoms with E-state index in [1.54, 1.807) is 6.92 Å².